The molecule has 0 saturated heterocycles. The molecule has 1 amide bonds. The smallest absolute Gasteiger partial charge is 0.267 e. The number of hydrogen-bond acceptors (Lipinski definition) is 3. The van der Waals surface area contributed by atoms with Gasteiger partial charge in [0.15, 0.2) is 0 Å². The molecule has 0 saturated carbocycles. The predicted octanol–water partition coefficient (Wildman–Crippen LogP) is 3.54. The molecule has 2 rings (SSSR count). The Hall–Kier alpha value is -1.91. The van der Waals surface area contributed by atoms with Gasteiger partial charge >= 0.3 is 0 Å². The van der Waals surface area contributed by atoms with Crippen LogP contribution in [0.3, 0.4) is 0 Å². The molecule has 0 bridgehead atoms. The molecule has 1 aromatic carbocycles. The van der Waals surface area contributed by atoms with E-state index in [2.05, 4.69) is 15.5 Å². The van der Waals surface area contributed by atoms with Gasteiger partial charge in [0.05, 0.1) is 10.7 Å². The number of pyridine rings is 1. The summed E-state index contributed by atoms with van der Waals surface area (Å²) >= 11 is 11.9. The van der Waals surface area contributed by atoms with Crippen molar-refractivity contribution in [2.75, 3.05) is 0 Å². The summed E-state index contributed by atoms with van der Waals surface area (Å²) in [5.74, 6) is -0.308. The Balaban J connectivity index is 2.13. The molecule has 1 aromatic heterocycles. The monoisotopic (exact) mass is 307 g/mol. The van der Waals surface area contributed by atoms with Gasteiger partial charge in [-0.05, 0) is 31.2 Å². The minimum Gasteiger partial charge on any atom is -0.267 e. The van der Waals surface area contributed by atoms with Gasteiger partial charge in [0.1, 0.15) is 0 Å². The first kappa shape index (κ1) is 14.5. The van der Waals surface area contributed by atoms with Crippen molar-refractivity contribution in [1.82, 2.24) is 10.4 Å². The van der Waals surface area contributed by atoms with Gasteiger partial charge in [-0.25, -0.2) is 5.43 Å². The van der Waals surface area contributed by atoms with Gasteiger partial charge in [-0.2, -0.15) is 5.10 Å². The van der Waals surface area contributed by atoms with Gasteiger partial charge in [0.2, 0.25) is 0 Å². The summed E-state index contributed by atoms with van der Waals surface area (Å²) in [4.78, 5) is 15.7. The van der Waals surface area contributed by atoms with Crippen LogP contribution in [-0.4, -0.2) is 16.6 Å². The van der Waals surface area contributed by atoms with Crippen LogP contribution >= 0.6 is 23.2 Å². The standard InChI is InChI=1S/C14H11Cl2N3O/c1-9(12-3-2-11(15)8-13(12)16)18-19-14(20)10-4-6-17-7-5-10/h2-8H,1H3,(H,19,20). The lowest BCUT2D eigenvalue weighted by atomic mass is 10.1. The van der Waals surface area contributed by atoms with E-state index in [1.54, 1.807) is 49.6 Å². The topological polar surface area (TPSA) is 54.4 Å². The molecule has 0 fully saturated rings. The molecule has 1 heterocycles. The second-order valence-electron chi connectivity index (χ2n) is 4.00. The Morgan fingerprint density at radius 3 is 2.55 bits per heavy atom. The van der Waals surface area contributed by atoms with Crippen molar-refractivity contribution in [2.45, 2.75) is 6.92 Å². The van der Waals surface area contributed by atoms with Crippen molar-refractivity contribution in [3.63, 3.8) is 0 Å². The van der Waals surface area contributed by atoms with Gasteiger partial charge in [-0.1, -0.05) is 29.3 Å². The van der Waals surface area contributed by atoms with Gasteiger partial charge in [-0.15, -0.1) is 0 Å². The van der Waals surface area contributed by atoms with E-state index in [0.29, 0.717) is 26.9 Å². The molecule has 0 radical (unpaired) electrons. The van der Waals surface area contributed by atoms with Gasteiger partial charge < -0.3 is 0 Å². The second kappa shape index (κ2) is 6.50. The molecule has 0 spiro atoms. The first-order valence-electron chi connectivity index (χ1n) is 5.78. The number of aromatic nitrogens is 1. The summed E-state index contributed by atoms with van der Waals surface area (Å²) in [6.07, 6.45) is 3.09. The molecule has 0 atom stereocenters. The van der Waals surface area contributed by atoms with Crippen LogP contribution in [0.1, 0.15) is 22.8 Å². The van der Waals surface area contributed by atoms with E-state index >= 15 is 0 Å². The minimum atomic E-state index is -0.308. The predicted molar refractivity (Wildman–Crippen MR) is 80.4 cm³/mol. The maximum Gasteiger partial charge on any atom is 0.271 e. The maximum atomic E-state index is 11.8. The third-order valence-corrected chi connectivity index (χ3v) is 3.14. The fourth-order valence-electron chi connectivity index (χ4n) is 1.55. The van der Waals surface area contributed by atoms with Crippen molar-refractivity contribution in [2.24, 2.45) is 5.10 Å². The molecule has 0 aliphatic heterocycles. The average Bonchev–Trinajstić information content (AvgIpc) is 2.45. The van der Waals surface area contributed by atoms with E-state index in [0.717, 1.165) is 0 Å². The van der Waals surface area contributed by atoms with Crippen molar-refractivity contribution in [1.29, 1.82) is 0 Å². The molecule has 6 heteroatoms. The van der Waals surface area contributed by atoms with Crippen molar-refractivity contribution >= 4 is 34.8 Å². The Morgan fingerprint density at radius 1 is 1.20 bits per heavy atom. The number of hydrazone groups is 1. The highest BCUT2D eigenvalue weighted by Gasteiger charge is 2.07. The van der Waals surface area contributed by atoms with Crippen LogP contribution < -0.4 is 5.43 Å². The number of nitrogens with one attached hydrogen (secondary N) is 1. The van der Waals surface area contributed by atoms with E-state index in [9.17, 15) is 4.79 Å². The molecular formula is C14H11Cl2N3O. The summed E-state index contributed by atoms with van der Waals surface area (Å²) in [6, 6.07) is 8.31. The molecular weight excluding hydrogens is 297 g/mol. The zero-order chi connectivity index (χ0) is 14.5. The number of hydrogen-bond donors (Lipinski definition) is 1. The fourth-order valence-corrected chi connectivity index (χ4v) is 2.09. The SMILES string of the molecule is CC(=NNC(=O)c1ccncc1)c1ccc(Cl)cc1Cl. The molecule has 0 aliphatic rings. The number of amides is 1. The molecule has 0 aliphatic carbocycles. The Bertz CT molecular complexity index is 657. The van der Waals surface area contributed by atoms with Crippen LogP contribution in [0.5, 0.6) is 0 Å². The van der Waals surface area contributed by atoms with Crippen LogP contribution in [0.25, 0.3) is 0 Å². The summed E-state index contributed by atoms with van der Waals surface area (Å²) in [7, 11) is 0. The zero-order valence-electron chi connectivity index (χ0n) is 10.6. The molecule has 1 N–H and O–H groups in total. The van der Waals surface area contributed by atoms with Crippen LogP contribution in [0, 0.1) is 0 Å². The molecule has 102 valence electrons. The van der Waals surface area contributed by atoms with Gasteiger partial charge in [0.25, 0.3) is 5.91 Å². The number of nitrogens with zero attached hydrogens (tertiary/aromatic N) is 2. The number of benzene rings is 1. The third-order valence-electron chi connectivity index (χ3n) is 2.59. The van der Waals surface area contributed by atoms with Crippen LogP contribution in [-0.2, 0) is 0 Å². The van der Waals surface area contributed by atoms with Crippen LogP contribution in [0.15, 0.2) is 47.8 Å². The Morgan fingerprint density at radius 2 is 1.90 bits per heavy atom. The fraction of sp³-hybridized carbons (Fsp3) is 0.0714. The highest BCUT2D eigenvalue weighted by Crippen LogP contribution is 2.21. The Labute approximate surface area is 126 Å². The van der Waals surface area contributed by atoms with Crippen molar-refractivity contribution < 1.29 is 4.79 Å². The van der Waals surface area contributed by atoms with E-state index in [1.807, 2.05) is 0 Å². The molecule has 0 unspecified atom stereocenters. The number of halogens is 2. The van der Waals surface area contributed by atoms with Crippen molar-refractivity contribution in [3.05, 3.63) is 63.9 Å². The minimum absolute atomic E-state index is 0.308. The summed E-state index contributed by atoms with van der Waals surface area (Å²) in [6.45, 7) is 1.75. The Kier molecular flexibility index (Phi) is 4.71. The molecule has 4 nitrogen and oxygen atoms in total. The van der Waals surface area contributed by atoms with E-state index < -0.39 is 0 Å². The van der Waals surface area contributed by atoms with Gasteiger partial charge in [-0.3, -0.25) is 9.78 Å². The highest BCUT2D eigenvalue weighted by molar-refractivity contribution is 6.37. The van der Waals surface area contributed by atoms with E-state index in [4.69, 9.17) is 23.2 Å². The average molecular weight is 308 g/mol. The first-order valence-corrected chi connectivity index (χ1v) is 6.53. The van der Waals surface area contributed by atoms with E-state index in [-0.39, 0.29) is 5.91 Å². The summed E-state index contributed by atoms with van der Waals surface area (Å²) in [5, 5.41) is 5.06. The maximum absolute atomic E-state index is 11.8. The summed E-state index contributed by atoms with van der Waals surface area (Å²) in [5.41, 5.74) is 4.26. The number of rotatable bonds is 3. The quantitative estimate of drug-likeness (QED) is 0.696. The lowest BCUT2D eigenvalue weighted by Crippen LogP contribution is -2.19. The largest absolute Gasteiger partial charge is 0.271 e. The lowest BCUT2D eigenvalue weighted by molar-refractivity contribution is 0.0954. The second-order valence-corrected chi connectivity index (χ2v) is 4.84. The third kappa shape index (κ3) is 3.56. The normalized spacial score (nSPS) is 11.2. The molecule has 2 aromatic rings. The summed E-state index contributed by atoms with van der Waals surface area (Å²) < 4.78 is 0. The zero-order valence-corrected chi connectivity index (χ0v) is 12.1. The number of carbonyl (C=O) groups is 1. The molecule has 20 heavy (non-hydrogen) atoms. The highest BCUT2D eigenvalue weighted by atomic mass is 35.5. The van der Waals surface area contributed by atoms with Crippen molar-refractivity contribution in [3.8, 4) is 0 Å². The van der Waals surface area contributed by atoms with Crippen LogP contribution in [0.2, 0.25) is 10.0 Å². The van der Waals surface area contributed by atoms with Gasteiger partial charge in [0, 0.05) is 28.5 Å². The van der Waals surface area contributed by atoms with E-state index in [1.165, 1.54) is 0 Å². The van der Waals surface area contributed by atoms with Crippen LogP contribution in [0.4, 0.5) is 0 Å². The number of carbonyl (C=O) groups excluding carboxylic acids is 1. The lowest BCUT2D eigenvalue weighted by Gasteiger charge is -2.05. The first-order chi connectivity index (χ1) is 9.58.